The zero-order chi connectivity index (χ0) is 12.3. The van der Waals surface area contributed by atoms with Gasteiger partial charge in [-0.2, -0.15) is 5.26 Å². The van der Waals surface area contributed by atoms with E-state index >= 15 is 0 Å². The summed E-state index contributed by atoms with van der Waals surface area (Å²) in [5, 5.41) is 9.34. The lowest BCUT2D eigenvalue weighted by molar-refractivity contribution is 0.0639. The van der Waals surface area contributed by atoms with Crippen molar-refractivity contribution in [2.75, 3.05) is 13.1 Å². The van der Waals surface area contributed by atoms with Crippen molar-refractivity contribution in [2.45, 2.75) is 58.4 Å². The fraction of sp³-hybridized carbons (Fsp3) is 0.933. The molecule has 0 N–H and O–H groups in total. The fourth-order valence-corrected chi connectivity index (χ4v) is 3.68. The third-order valence-electron chi connectivity index (χ3n) is 4.83. The average Bonchev–Trinajstić information content (AvgIpc) is 2.38. The molecule has 2 fully saturated rings. The lowest BCUT2D eigenvalue weighted by Crippen LogP contribution is -2.48. The van der Waals surface area contributed by atoms with Gasteiger partial charge >= 0.3 is 0 Å². The van der Waals surface area contributed by atoms with Crippen molar-refractivity contribution in [3.63, 3.8) is 0 Å². The van der Waals surface area contributed by atoms with E-state index in [1.165, 1.54) is 45.2 Å². The highest BCUT2D eigenvalue weighted by atomic mass is 15.2. The predicted octanol–water partition coefficient (Wildman–Crippen LogP) is 3.44. The number of hydrogen-bond acceptors (Lipinski definition) is 2. The Morgan fingerprint density at radius 2 is 2.12 bits per heavy atom. The van der Waals surface area contributed by atoms with Crippen molar-refractivity contribution >= 4 is 0 Å². The Morgan fingerprint density at radius 1 is 1.29 bits per heavy atom. The monoisotopic (exact) mass is 234 g/mol. The van der Waals surface area contributed by atoms with Crippen LogP contribution in [-0.4, -0.2) is 24.0 Å². The molecule has 17 heavy (non-hydrogen) atoms. The molecule has 0 aromatic carbocycles. The molecule has 2 nitrogen and oxygen atoms in total. The summed E-state index contributed by atoms with van der Waals surface area (Å²) in [6.07, 6.45) is 7.66. The van der Waals surface area contributed by atoms with Crippen molar-refractivity contribution in [3.05, 3.63) is 0 Å². The Labute approximate surface area is 106 Å². The van der Waals surface area contributed by atoms with E-state index in [2.05, 4.69) is 24.8 Å². The van der Waals surface area contributed by atoms with Crippen molar-refractivity contribution in [1.29, 1.82) is 5.26 Å². The Kier molecular flexibility index (Phi) is 4.45. The molecule has 2 aliphatic rings. The summed E-state index contributed by atoms with van der Waals surface area (Å²) < 4.78 is 0. The molecule has 0 aromatic heterocycles. The molecule has 1 aliphatic heterocycles. The van der Waals surface area contributed by atoms with Gasteiger partial charge in [-0.15, -0.1) is 0 Å². The van der Waals surface area contributed by atoms with Crippen LogP contribution in [-0.2, 0) is 0 Å². The summed E-state index contributed by atoms with van der Waals surface area (Å²) in [7, 11) is 0. The summed E-state index contributed by atoms with van der Waals surface area (Å²) in [6.45, 7) is 7.10. The fourth-order valence-electron chi connectivity index (χ4n) is 3.68. The first-order valence-electron chi connectivity index (χ1n) is 7.38. The summed E-state index contributed by atoms with van der Waals surface area (Å²) in [4.78, 5) is 2.63. The van der Waals surface area contributed by atoms with E-state index in [1.807, 2.05) is 0 Å². The van der Waals surface area contributed by atoms with Crippen LogP contribution in [0.15, 0.2) is 0 Å². The van der Waals surface area contributed by atoms with Crippen LogP contribution >= 0.6 is 0 Å². The molecule has 2 rings (SSSR count). The standard InChI is InChI=1S/C15H26N2/c1-3-13-6-7-14(10-16)15(9-13)17-8-4-5-12(2)11-17/h12-15H,3-9,11H2,1-2H3. The van der Waals surface area contributed by atoms with Crippen LogP contribution in [0, 0.1) is 29.1 Å². The van der Waals surface area contributed by atoms with Crippen LogP contribution in [0.4, 0.5) is 0 Å². The molecule has 4 unspecified atom stereocenters. The van der Waals surface area contributed by atoms with Crippen molar-refractivity contribution in [2.24, 2.45) is 17.8 Å². The molecular weight excluding hydrogens is 208 g/mol. The smallest absolute Gasteiger partial charge is 0.0672 e. The topological polar surface area (TPSA) is 27.0 Å². The van der Waals surface area contributed by atoms with E-state index in [4.69, 9.17) is 0 Å². The van der Waals surface area contributed by atoms with Gasteiger partial charge in [-0.25, -0.2) is 0 Å². The van der Waals surface area contributed by atoms with E-state index in [9.17, 15) is 5.26 Å². The van der Waals surface area contributed by atoms with Gasteiger partial charge in [-0.3, -0.25) is 4.90 Å². The van der Waals surface area contributed by atoms with E-state index in [0.29, 0.717) is 12.0 Å². The Hall–Kier alpha value is -0.550. The van der Waals surface area contributed by atoms with Crippen molar-refractivity contribution in [1.82, 2.24) is 4.90 Å². The van der Waals surface area contributed by atoms with Crippen LogP contribution in [0.25, 0.3) is 0 Å². The molecule has 0 aromatic rings. The number of rotatable bonds is 2. The summed E-state index contributed by atoms with van der Waals surface area (Å²) in [5.74, 6) is 1.98. The molecule has 1 saturated carbocycles. The zero-order valence-electron chi connectivity index (χ0n) is 11.4. The Morgan fingerprint density at radius 3 is 2.76 bits per heavy atom. The molecule has 1 heterocycles. The molecule has 1 aliphatic carbocycles. The second-order valence-electron chi connectivity index (χ2n) is 6.13. The van der Waals surface area contributed by atoms with Gasteiger partial charge in [0.25, 0.3) is 0 Å². The van der Waals surface area contributed by atoms with Gasteiger partial charge in [-0.1, -0.05) is 20.3 Å². The number of nitriles is 1. The largest absolute Gasteiger partial charge is 0.299 e. The van der Waals surface area contributed by atoms with Gasteiger partial charge < -0.3 is 0 Å². The van der Waals surface area contributed by atoms with Crippen LogP contribution in [0.5, 0.6) is 0 Å². The van der Waals surface area contributed by atoms with Gasteiger partial charge in [0.1, 0.15) is 0 Å². The Balaban J connectivity index is 2.01. The third kappa shape index (κ3) is 3.01. The zero-order valence-corrected chi connectivity index (χ0v) is 11.4. The molecule has 4 atom stereocenters. The van der Waals surface area contributed by atoms with Gasteiger partial charge in [0, 0.05) is 12.6 Å². The Bertz CT molecular complexity index is 281. The maximum atomic E-state index is 9.34. The third-order valence-corrected chi connectivity index (χ3v) is 4.83. The lowest BCUT2D eigenvalue weighted by atomic mass is 9.76. The summed E-state index contributed by atoms with van der Waals surface area (Å²) >= 11 is 0. The van der Waals surface area contributed by atoms with Crippen LogP contribution < -0.4 is 0 Å². The first-order chi connectivity index (χ1) is 8.24. The van der Waals surface area contributed by atoms with E-state index in [0.717, 1.165) is 18.3 Å². The van der Waals surface area contributed by atoms with E-state index in [-0.39, 0.29) is 0 Å². The molecule has 1 saturated heterocycles. The molecule has 0 amide bonds. The number of hydrogen-bond donors (Lipinski definition) is 0. The second-order valence-corrected chi connectivity index (χ2v) is 6.13. The number of likely N-dealkylation sites (tertiary alicyclic amines) is 1. The highest BCUT2D eigenvalue weighted by molar-refractivity contribution is 4.98. The highest BCUT2D eigenvalue weighted by Crippen LogP contribution is 2.35. The van der Waals surface area contributed by atoms with E-state index < -0.39 is 0 Å². The van der Waals surface area contributed by atoms with Crippen LogP contribution in [0.3, 0.4) is 0 Å². The summed E-state index contributed by atoms with van der Waals surface area (Å²) in [5.41, 5.74) is 0. The molecule has 0 radical (unpaired) electrons. The molecule has 96 valence electrons. The van der Waals surface area contributed by atoms with Crippen molar-refractivity contribution < 1.29 is 0 Å². The van der Waals surface area contributed by atoms with Gasteiger partial charge in [0.05, 0.1) is 12.0 Å². The van der Waals surface area contributed by atoms with Crippen LogP contribution in [0.2, 0.25) is 0 Å². The van der Waals surface area contributed by atoms with Gasteiger partial charge in [0.15, 0.2) is 0 Å². The average molecular weight is 234 g/mol. The highest BCUT2D eigenvalue weighted by Gasteiger charge is 2.35. The lowest BCUT2D eigenvalue weighted by Gasteiger charge is -2.43. The van der Waals surface area contributed by atoms with E-state index in [1.54, 1.807) is 0 Å². The summed E-state index contributed by atoms with van der Waals surface area (Å²) in [6, 6.07) is 3.13. The second kappa shape index (κ2) is 5.87. The number of nitrogens with zero attached hydrogens (tertiary/aromatic N) is 2. The first kappa shape index (κ1) is 12.9. The van der Waals surface area contributed by atoms with Crippen LogP contribution in [0.1, 0.15) is 52.4 Å². The van der Waals surface area contributed by atoms with Gasteiger partial charge in [0.2, 0.25) is 0 Å². The van der Waals surface area contributed by atoms with Gasteiger partial charge in [-0.05, 0) is 50.5 Å². The quantitative estimate of drug-likeness (QED) is 0.732. The molecule has 0 bridgehead atoms. The maximum Gasteiger partial charge on any atom is 0.0672 e. The molecular formula is C15H26N2. The molecule has 2 heteroatoms. The molecule has 0 spiro atoms. The minimum absolute atomic E-state index is 0.295. The maximum absolute atomic E-state index is 9.34. The minimum atomic E-state index is 0.295. The van der Waals surface area contributed by atoms with Crippen molar-refractivity contribution in [3.8, 4) is 6.07 Å². The normalized spacial score (nSPS) is 39.8. The predicted molar refractivity (Wildman–Crippen MR) is 70.5 cm³/mol. The SMILES string of the molecule is CCC1CCC(C#N)C(N2CCCC(C)C2)C1. The number of piperidine rings is 1. The first-order valence-corrected chi connectivity index (χ1v) is 7.38. The minimum Gasteiger partial charge on any atom is -0.299 e.